The minimum absolute atomic E-state index is 0.0466. The van der Waals surface area contributed by atoms with E-state index in [-0.39, 0.29) is 41.7 Å². The van der Waals surface area contributed by atoms with E-state index in [4.69, 9.17) is 11.6 Å². The largest absolute Gasteiger partial charge is 0.336 e. The Bertz CT molecular complexity index is 966. The van der Waals surface area contributed by atoms with Crippen molar-refractivity contribution in [3.8, 4) is 0 Å². The van der Waals surface area contributed by atoms with Gasteiger partial charge in [-0.3, -0.25) is 4.79 Å². The molecule has 2 aromatic carbocycles. The lowest BCUT2D eigenvalue weighted by molar-refractivity contribution is 0.0693. The van der Waals surface area contributed by atoms with E-state index in [1.165, 1.54) is 27.4 Å². The van der Waals surface area contributed by atoms with Crippen LogP contribution in [0.2, 0.25) is 5.02 Å². The van der Waals surface area contributed by atoms with Gasteiger partial charge in [-0.15, -0.1) is 0 Å². The lowest BCUT2D eigenvalue weighted by atomic mass is 10.1. The summed E-state index contributed by atoms with van der Waals surface area (Å²) in [6, 6.07) is 9.27. The summed E-state index contributed by atoms with van der Waals surface area (Å²) in [5.74, 6) is -1.21. The maximum Gasteiger partial charge on any atom is 0.258 e. The molecule has 27 heavy (non-hydrogen) atoms. The fourth-order valence-corrected chi connectivity index (χ4v) is 5.09. The monoisotopic (exact) mass is 410 g/mol. The summed E-state index contributed by atoms with van der Waals surface area (Å²) < 4.78 is 41.2. The molecule has 2 aromatic rings. The number of carbonyl (C=O) groups excluding carboxylic acids is 1. The second kappa shape index (κ2) is 7.58. The molecule has 1 aliphatic rings. The Hall–Kier alpha value is -1.96. The van der Waals surface area contributed by atoms with Gasteiger partial charge < -0.3 is 4.90 Å². The standard InChI is InChI=1S/C19H20ClFN2O3S/c1-13-6-7-17(14(2)12-13)27(25,26)23-10-8-22(9-11-23)19(24)18-15(20)4-3-5-16(18)21/h3-7,12H,8-11H2,1-2H3. The molecular formula is C19H20ClFN2O3S. The molecule has 1 heterocycles. The van der Waals surface area contributed by atoms with Gasteiger partial charge in [0.25, 0.3) is 5.91 Å². The molecule has 0 spiro atoms. The third-order valence-electron chi connectivity index (χ3n) is 4.65. The smallest absolute Gasteiger partial charge is 0.258 e. The summed E-state index contributed by atoms with van der Waals surface area (Å²) in [6.45, 7) is 4.31. The average Bonchev–Trinajstić information content (AvgIpc) is 2.61. The van der Waals surface area contributed by atoms with Crippen molar-refractivity contribution in [2.75, 3.05) is 26.2 Å². The van der Waals surface area contributed by atoms with E-state index in [2.05, 4.69) is 0 Å². The summed E-state index contributed by atoms with van der Waals surface area (Å²) in [4.78, 5) is 14.3. The highest BCUT2D eigenvalue weighted by Crippen LogP contribution is 2.24. The number of rotatable bonds is 3. The van der Waals surface area contributed by atoms with Crippen LogP contribution < -0.4 is 0 Å². The number of halogens is 2. The maximum atomic E-state index is 14.0. The molecule has 0 aliphatic carbocycles. The number of benzene rings is 2. The van der Waals surface area contributed by atoms with E-state index in [1.54, 1.807) is 19.1 Å². The molecule has 0 aromatic heterocycles. The van der Waals surface area contributed by atoms with E-state index >= 15 is 0 Å². The second-order valence-electron chi connectivity index (χ2n) is 6.56. The van der Waals surface area contributed by atoms with Crippen LogP contribution >= 0.6 is 11.6 Å². The lowest BCUT2D eigenvalue weighted by Crippen LogP contribution is -2.50. The molecule has 144 valence electrons. The van der Waals surface area contributed by atoms with Gasteiger partial charge in [0.1, 0.15) is 5.82 Å². The maximum absolute atomic E-state index is 14.0. The van der Waals surface area contributed by atoms with Gasteiger partial charge in [0.2, 0.25) is 10.0 Å². The molecule has 1 fully saturated rings. The zero-order valence-electron chi connectivity index (χ0n) is 15.1. The van der Waals surface area contributed by atoms with E-state index in [0.29, 0.717) is 5.56 Å². The molecule has 8 heteroatoms. The molecule has 0 radical (unpaired) electrons. The molecule has 0 bridgehead atoms. The van der Waals surface area contributed by atoms with Crippen molar-refractivity contribution >= 4 is 27.5 Å². The molecule has 1 amide bonds. The number of hydrogen-bond acceptors (Lipinski definition) is 3. The molecule has 0 unspecified atom stereocenters. The summed E-state index contributed by atoms with van der Waals surface area (Å²) in [7, 11) is -3.64. The first-order valence-corrected chi connectivity index (χ1v) is 10.3. The first kappa shape index (κ1) is 19.8. The van der Waals surface area contributed by atoms with Gasteiger partial charge in [-0.05, 0) is 37.6 Å². The van der Waals surface area contributed by atoms with Crippen LogP contribution in [0.5, 0.6) is 0 Å². The number of hydrogen-bond donors (Lipinski definition) is 0. The summed E-state index contributed by atoms with van der Waals surface area (Å²) >= 11 is 5.96. The Labute approximate surface area is 163 Å². The molecule has 1 aliphatic heterocycles. The van der Waals surface area contributed by atoms with Crippen molar-refractivity contribution in [2.45, 2.75) is 18.7 Å². The highest BCUT2D eigenvalue weighted by Gasteiger charge is 2.32. The Morgan fingerprint density at radius 2 is 1.74 bits per heavy atom. The van der Waals surface area contributed by atoms with E-state index < -0.39 is 21.7 Å². The Kier molecular flexibility index (Phi) is 5.55. The van der Waals surface area contributed by atoms with Crippen LogP contribution in [0.25, 0.3) is 0 Å². The Balaban J connectivity index is 1.76. The quantitative estimate of drug-likeness (QED) is 0.780. The molecule has 0 atom stereocenters. The fraction of sp³-hybridized carbons (Fsp3) is 0.316. The van der Waals surface area contributed by atoms with E-state index in [9.17, 15) is 17.6 Å². The highest BCUT2D eigenvalue weighted by molar-refractivity contribution is 7.89. The predicted octanol–water partition coefficient (Wildman–Crippen LogP) is 3.24. The van der Waals surface area contributed by atoms with Gasteiger partial charge in [0.05, 0.1) is 15.5 Å². The number of piperazine rings is 1. The van der Waals surface area contributed by atoms with Crippen LogP contribution in [0.1, 0.15) is 21.5 Å². The van der Waals surface area contributed by atoms with Gasteiger partial charge in [-0.25, -0.2) is 12.8 Å². The van der Waals surface area contributed by atoms with E-state index in [0.717, 1.165) is 5.56 Å². The molecular weight excluding hydrogens is 391 g/mol. The minimum Gasteiger partial charge on any atom is -0.336 e. The zero-order valence-corrected chi connectivity index (χ0v) is 16.6. The van der Waals surface area contributed by atoms with E-state index in [1.807, 2.05) is 13.0 Å². The van der Waals surface area contributed by atoms with Crippen molar-refractivity contribution < 1.29 is 17.6 Å². The van der Waals surface area contributed by atoms with Gasteiger partial charge in [0, 0.05) is 26.2 Å². The van der Waals surface area contributed by atoms with Crippen LogP contribution in [0.4, 0.5) is 4.39 Å². The highest BCUT2D eigenvalue weighted by atomic mass is 35.5. The fourth-order valence-electron chi connectivity index (χ4n) is 3.22. The first-order chi connectivity index (χ1) is 12.7. The minimum atomic E-state index is -3.64. The first-order valence-electron chi connectivity index (χ1n) is 8.52. The molecule has 3 rings (SSSR count). The second-order valence-corrected chi connectivity index (χ2v) is 8.88. The summed E-state index contributed by atoms with van der Waals surface area (Å²) in [6.07, 6.45) is 0. The van der Waals surface area contributed by atoms with Crippen LogP contribution in [0.15, 0.2) is 41.3 Å². The number of aryl methyl sites for hydroxylation is 2. The third kappa shape index (κ3) is 3.85. The molecule has 5 nitrogen and oxygen atoms in total. The predicted molar refractivity (Wildman–Crippen MR) is 102 cm³/mol. The van der Waals surface area contributed by atoms with Crippen molar-refractivity contribution in [3.63, 3.8) is 0 Å². The topological polar surface area (TPSA) is 57.7 Å². The van der Waals surface area contributed by atoms with Gasteiger partial charge in [-0.1, -0.05) is 35.4 Å². The summed E-state index contributed by atoms with van der Waals surface area (Å²) in [5, 5.41) is 0.0466. The Morgan fingerprint density at radius 1 is 1.07 bits per heavy atom. The summed E-state index contributed by atoms with van der Waals surface area (Å²) in [5.41, 5.74) is 1.50. The van der Waals surface area contributed by atoms with Crippen LogP contribution in [0.3, 0.4) is 0 Å². The van der Waals surface area contributed by atoms with Gasteiger partial charge in [-0.2, -0.15) is 4.31 Å². The number of carbonyl (C=O) groups is 1. The normalized spacial score (nSPS) is 15.8. The van der Waals surface area contributed by atoms with Crippen LogP contribution in [-0.4, -0.2) is 49.7 Å². The molecule has 0 N–H and O–H groups in total. The number of sulfonamides is 1. The number of nitrogens with zero attached hydrogens (tertiary/aromatic N) is 2. The lowest BCUT2D eigenvalue weighted by Gasteiger charge is -2.34. The van der Waals surface area contributed by atoms with Crippen LogP contribution in [0, 0.1) is 19.7 Å². The molecule has 1 saturated heterocycles. The third-order valence-corrected chi connectivity index (χ3v) is 7.02. The SMILES string of the molecule is Cc1ccc(S(=O)(=O)N2CCN(C(=O)c3c(F)cccc3Cl)CC2)c(C)c1. The van der Waals surface area contributed by atoms with Crippen molar-refractivity contribution in [2.24, 2.45) is 0 Å². The van der Waals surface area contributed by atoms with Crippen molar-refractivity contribution in [3.05, 3.63) is 63.9 Å². The van der Waals surface area contributed by atoms with Gasteiger partial charge >= 0.3 is 0 Å². The van der Waals surface area contributed by atoms with Crippen molar-refractivity contribution in [1.82, 2.24) is 9.21 Å². The van der Waals surface area contributed by atoms with Gasteiger partial charge in [0.15, 0.2) is 0 Å². The number of amides is 1. The molecule has 0 saturated carbocycles. The van der Waals surface area contributed by atoms with Crippen molar-refractivity contribution in [1.29, 1.82) is 0 Å². The van der Waals surface area contributed by atoms with Crippen LogP contribution in [-0.2, 0) is 10.0 Å². The average molecular weight is 411 g/mol. The Morgan fingerprint density at radius 3 is 2.33 bits per heavy atom. The zero-order chi connectivity index (χ0) is 19.8.